The summed E-state index contributed by atoms with van der Waals surface area (Å²) in [6, 6.07) is 8.34. The first-order valence-corrected chi connectivity index (χ1v) is 14.1. The van der Waals surface area contributed by atoms with Crippen LogP contribution in [0.1, 0.15) is 18.6 Å². The van der Waals surface area contributed by atoms with E-state index in [0.29, 0.717) is 5.56 Å². The molecule has 0 spiro atoms. The van der Waals surface area contributed by atoms with Crippen LogP contribution < -0.4 is 0 Å². The number of carbonyl (C=O) groups excluding carboxylic acids is 1. The van der Waals surface area contributed by atoms with Gasteiger partial charge in [0.25, 0.3) is 0 Å². The van der Waals surface area contributed by atoms with Crippen molar-refractivity contribution < 1.29 is 19.4 Å². The predicted molar refractivity (Wildman–Crippen MR) is 71.9 cm³/mol. The van der Waals surface area contributed by atoms with Gasteiger partial charge in [-0.25, -0.2) is 4.79 Å². The SMILES string of the molecule is CC(=O)OC(C(=O)O)c1ccccc1.[CH3][Sn]([CH3])[CH3]. The summed E-state index contributed by atoms with van der Waals surface area (Å²) in [6.07, 6.45) is -1.21. The third-order valence-electron chi connectivity index (χ3n) is 1.61. The Balaban J connectivity index is 0.000000631. The summed E-state index contributed by atoms with van der Waals surface area (Å²) in [4.78, 5) is 28.5. The van der Waals surface area contributed by atoms with Crippen LogP contribution in [0.5, 0.6) is 0 Å². The van der Waals surface area contributed by atoms with Crippen molar-refractivity contribution in [3.05, 3.63) is 35.9 Å². The Morgan fingerprint density at radius 1 is 1.17 bits per heavy atom. The second-order valence-electron chi connectivity index (χ2n) is 4.24. The number of ether oxygens (including phenoxy) is 1. The number of benzene rings is 1. The maximum atomic E-state index is 10.8. The molecule has 0 aliphatic carbocycles. The number of carboxylic acid groups (broad SMARTS) is 1. The Hall–Kier alpha value is -1.04. The zero-order chi connectivity index (χ0) is 14.1. The van der Waals surface area contributed by atoms with E-state index >= 15 is 0 Å². The van der Waals surface area contributed by atoms with Crippen LogP contribution in [0.4, 0.5) is 0 Å². The predicted octanol–water partition coefficient (Wildman–Crippen LogP) is 2.75. The van der Waals surface area contributed by atoms with Gasteiger partial charge in [-0.3, -0.25) is 4.79 Å². The summed E-state index contributed by atoms with van der Waals surface area (Å²) in [5.74, 6) is -1.78. The molecule has 1 radical (unpaired) electrons. The van der Waals surface area contributed by atoms with Gasteiger partial charge in [-0.2, -0.15) is 0 Å². The molecule has 1 atom stereocenters. The summed E-state index contributed by atoms with van der Waals surface area (Å²) < 4.78 is 4.66. The molecule has 1 aromatic carbocycles. The number of aliphatic carboxylic acids is 1. The zero-order valence-electron chi connectivity index (χ0n) is 11.1. The van der Waals surface area contributed by atoms with Gasteiger partial charge in [-0.15, -0.1) is 0 Å². The topological polar surface area (TPSA) is 63.6 Å². The molecule has 5 heteroatoms. The summed E-state index contributed by atoms with van der Waals surface area (Å²) in [5, 5.41) is 8.80. The third kappa shape index (κ3) is 8.11. The molecular weight excluding hydrogens is 339 g/mol. The number of carboxylic acids is 1. The first kappa shape index (κ1) is 17.0. The molecule has 0 saturated carbocycles. The molecule has 0 fully saturated rings. The van der Waals surface area contributed by atoms with Gasteiger partial charge < -0.3 is 9.84 Å². The molecule has 99 valence electrons. The molecule has 0 aliphatic rings. The van der Waals surface area contributed by atoms with Crippen molar-refractivity contribution in [2.75, 3.05) is 0 Å². The minimum atomic E-state index is -1.21. The summed E-state index contributed by atoms with van der Waals surface area (Å²) >= 11 is -0.543. The molecule has 0 aliphatic heterocycles. The van der Waals surface area contributed by atoms with E-state index in [-0.39, 0.29) is 0 Å². The Morgan fingerprint density at radius 2 is 1.61 bits per heavy atom. The maximum absolute atomic E-state index is 10.8. The van der Waals surface area contributed by atoms with Crippen molar-refractivity contribution in [1.29, 1.82) is 0 Å². The van der Waals surface area contributed by atoms with Gasteiger partial charge in [0.2, 0.25) is 6.10 Å². The average molecular weight is 358 g/mol. The van der Waals surface area contributed by atoms with E-state index in [2.05, 4.69) is 19.6 Å². The molecule has 0 heterocycles. The van der Waals surface area contributed by atoms with Crippen molar-refractivity contribution in [1.82, 2.24) is 0 Å². The van der Waals surface area contributed by atoms with Gasteiger partial charge in [0.1, 0.15) is 0 Å². The van der Waals surface area contributed by atoms with E-state index in [1.54, 1.807) is 30.3 Å². The summed E-state index contributed by atoms with van der Waals surface area (Å²) in [6.45, 7) is 1.18. The van der Waals surface area contributed by atoms with Crippen LogP contribution in [0.25, 0.3) is 0 Å². The van der Waals surface area contributed by atoms with E-state index in [4.69, 9.17) is 5.11 Å². The number of hydrogen-bond donors (Lipinski definition) is 1. The molecule has 0 aromatic heterocycles. The molecule has 1 unspecified atom stereocenters. The first-order chi connectivity index (χ1) is 8.34. The third-order valence-corrected chi connectivity index (χ3v) is 1.61. The van der Waals surface area contributed by atoms with Crippen LogP contribution in [0.2, 0.25) is 14.8 Å². The monoisotopic (exact) mass is 359 g/mol. The normalized spacial score (nSPS) is 11.2. The molecule has 0 amide bonds. The van der Waals surface area contributed by atoms with Crippen LogP contribution in [0.15, 0.2) is 30.3 Å². The number of esters is 1. The molecule has 0 saturated heterocycles. The number of carbonyl (C=O) groups is 2. The van der Waals surface area contributed by atoms with Gasteiger partial charge in [-0.05, 0) is 0 Å². The van der Waals surface area contributed by atoms with E-state index in [1.807, 2.05) is 0 Å². The van der Waals surface area contributed by atoms with Crippen LogP contribution in [0.3, 0.4) is 0 Å². The van der Waals surface area contributed by atoms with Gasteiger partial charge in [0, 0.05) is 12.5 Å². The zero-order valence-corrected chi connectivity index (χ0v) is 14.0. The van der Waals surface area contributed by atoms with Gasteiger partial charge in [0.15, 0.2) is 0 Å². The van der Waals surface area contributed by atoms with Gasteiger partial charge in [0.05, 0.1) is 0 Å². The summed E-state index contributed by atoms with van der Waals surface area (Å²) in [5.41, 5.74) is 0.454. The fourth-order valence-electron chi connectivity index (χ4n) is 1.05. The molecule has 1 aromatic rings. The first-order valence-electron chi connectivity index (χ1n) is 5.56. The quantitative estimate of drug-likeness (QED) is 0.667. The fourth-order valence-corrected chi connectivity index (χ4v) is 1.05. The Bertz CT molecular complexity index is 373. The van der Waals surface area contributed by atoms with E-state index < -0.39 is 37.8 Å². The minimum absolute atomic E-state index is 0.454. The van der Waals surface area contributed by atoms with Crippen LogP contribution in [-0.4, -0.2) is 36.8 Å². The Labute approximate surface area is 115 Å². The van der Waals surface area contributed by atoms with Crippen LogP contribution >= 0.6 is 0 Å². The second kappa shape index (κ2) is 8.96. The Morgan fingerprint density at radius 3 is 1.94 bits per heavy atom. The van der Waals surface area contributed by atoms with Crippen molar-refractivity contribution in [2.45, 2.75) is 27.8 Å². The fraction of sp³-hybridized carbons (Fsp3) is 0.385. The van der Waals surface area contributed by atoms with Crippen LogP contribution in [-0.2, 0) is 14.3 Å². The van der Waals surface area contributed by atoms with Gasteiger partial charge >= 0.3 is 46.5 Å². The van der Waals surface area contributed by atoms with Crippen LogP contribution in [0, 0.1) is 0 Å². The Kier molecular flexibility index (Phi) is 8.45. The van der Waals surface area contributed by atoms with E-state index in [1.165, 1.54) is 6.92 Å². The van der Waals surface area contributed by atoms with E-state index in [0.717, 1.165) is 0 Å². The molecule has 4 nitrogen and oxygen atoms in total. The standard InChI is InChI=1S/C10H10O4.3CH3.Sn/c1-7(11)14-9(10(12)13)8-5-3-2-4-6-8;;;;/h2-6,9H,1H3,(H,12,13);3*1H3;. The van der Waals surface area contributed by atoms with Crippen molar-refractivity contribution in [3.8, 4) is 0 Å². The second-order valence-corrected chi connectivity index (χ2v) is 12.8. The molecule has 1 rings (SSSR count). The van der Waals surface area contributed by atoms with Crippen molar-refractivity contribution in [3.63, 3.8) is 0 Å². The molecule has 0 bridgehead atoms. The summed E-state index contributed by atoms with van der Waals surface area (Å²) in [7, 11) is 0. The molecule has 1 N–H and O–H groups in total. The van der Waals surface area contributed by atoms with Crippen molar-refractivity contribution in [2.24, 2.45) is 0 Å². The molecular formula is C13H19O4Sn. The number of rotatable bonds is 3. The molecule has 18 heavy (non-hydrogen) atoms. The average Bonchev–Trinajstić information content (AvgIpc) is 2.25. The number of hydrogen-bond acceptors (Lipinski definition) is 3. The van der Waals surface area contributed by atoms with E-state index in [9.17, 15) is 9.59 Å². The van der Waals surface area contributed by atoms with Crippen molar-refractivity contribution >= 4 is 31.7 Å². The van der Waals surface area contributed by atoms with Gasteiger partial charge in [-0.1, -0.05) is 30.3 Å².